The van der Waals surface area contributed by atoms with Gasteiger partial charge in [-0.1, -0.05) is 44.2 Å². The lowest BCUT2D eigenvalue weighted by atomic mass is 10.1. The zero-order chi connectivity index (χ0) is 19.5. The maximum absolute atomic E-state index is 12.6. The van der Waals surface area contributed by atoms with Gasteiger partial charge in [0.15, 0.2) is 0 Å². The molecule has 2 rings (SSSR count). The highest BCUT2D eigenvalue weighted by Gasteiger charge is 2.15. The van der Waals surface area contributed by atoms with Crippen molar-refractivity contribution in [1.82, 2.24) is 15.3 Å². The molecule has 7 heteroatoms. The van der Waals surface area contributed by atoms with E-state index < -0.39 is 0 Å². The van der Waals surface area contributed by atoms with Gasteiger partial charge in [0.2, 0.25) is 5.95 Å². The Morgan fingerprint density at radius 2 is 1.93 bits per heavy atom. The molecule has 5 N–H and O–H groups in total. The molecule has 0 bridgehead atoms. The zero-order valence-corrected chi connectivity index (χ0v) is 16.2. The van der Waals surface area contributed by atoms with Gasteiger partial charge in [-0.05, 0) is 30.9 Å². The van der Waals surface area contributed by atoms with E-state index in [0.29, 0.717) is 42.9 Å². The third-order valence-corrected chi connectivity index (χ3v) is 3.92. The number of carbonyl (C=O) groups is 1. The smallest absolute Gasteiger partial charge is 0.256 e. The predicted octanol–water partition coefficient (Wildman–Crippen LogP) is 2.28. The first-order valence-electron chi connectivity index (χ1n) is 9.47. The molecule has 0 unspecified atom stereocenters. The van der Waals surface area contributed by atoms with Crippen LogP contribution in [0.1, 0.15) is 36.2 Å². The largest absolute Gasteiger partial charge is 0.369 e. The normalized spacial score (nSPS) is 10.7. The number of anilines is 2. The van der Waals surface area contributed by atoms with Gasteiger partial charge >= 0.3 is 0 Å². The molecule has 0 saturated heterocycles. The Hall–Kier alpha value is -2.67. The summed E-state index contributed by atoms with van der Waals surface area (Å²) in [5.74, 6) is 1.30. The Kier molecular flexibility index (Phi) is 8.51. The predicted molar refractivity (Wildman–Crippen MR) is 110 cm³/mol. The molecule has 0 spiro atoms. The molecule has 27 heavy (non-hydrogen) atoms. The molecule has 0 radical (unpaired) electrons. The molecule has 1 aromatic carbocycles. The van der Waals surface area contributed by atoms with Crippen LogP contribution in [0.4, 0.5) is 11.8 Å². The van der Waals surface area contributed by atoms with Gasteiger partial charge in [0.1, 0.15) is 11.4 Å². The van der Waals surface area contributed by atoms with Crippen LogP contribution < -0.4 is 21.7 Å². The quantitative estimate of drug-likeness (QED) is 0.452. The van der Waals surface area contributed by atoms with Crippen molar-refractivity contribution < 1.29 is 4.79 Å². The highest BCUT2D eigenvalue weighted by Crippen LogP contribution is 2.15. The minimum Gasteiger partial charge on any atom is -0.369 e. The molecule has 1 aromatic heterocycles. The van der Waals surface area contributed by atoms with Crippen molar-refractivity contribution in [2.45, 2.75) is 26.7 Å². The third kappa shape index (κ3) is 7.22. The Bertz CT molecular complexity index is 705. The van der Waals surface area contributed by atoms with Crippen molar-refractivity contribution >= 4 is 17.7 Å². The minimum atomic E-state index is -0.175. The number of rotatable bonds is 11. The molecule has 0 saturated carbocycles. The van der Waals surface area contributed by atoms with Gasteiger partial charge in [0.25, 0.3) is 5.91 Å². The average Bonchev–Trinajstić information content (AvgIpc) is 2.67. The lowest BCUT2D eigenvalue weighted by molar-refractivity contribution is 0.0954. The van der Waals surface area contributed by atoms with Crippen LogP contribution in [0.3, 0.4) is 0 Å². The first-order chi connectivity index (χ1) is 13.1. The summed E-state index contributed by atoms with van der Waals surface area (Å²) in [7, 11) is 0. The van der Waals surface area contributed by atoms with Gasteiger partial charge in [-0.2, -0.15) is 4.98 Å². The van der Waals surface area contributed by atoms with Crippen molar-refractivity contribution in [2.75, 3.05) is 36.8 Å². The standard InChI is InChI=1S/C20H30N6O/c1-15(2)13-24-18-17(14-25-20(26-18)23-11-6-10-21)19(27)22-12-9-16-7-4-3-5-8-16/h3-5,7-8,14-15H,6,9-13,21H2,1-2H3,(H,22,27)(H2,23,24,25,26). The second kappa shape index (κ2) is 11.1. The number of carbonyl (C=O) groups excluding carboxylic acids is 1. The fourth-order valence-corrected chi connectivity index (χ4v) is 2.43. The summed E-state index contributed by atoms with van der Waals surface area (Å²) in [6.45, 7) is 6.80. The highest BCUT2D eigenvalue weighted by molar-refractivity contribution is 5.98. The number of hydrogen-bond donors (Lipinski definition) is 4. The number of benzene rings is 1. The summed E-state index contributed by atoms with van der Waals surface area (Å²) < 4.78 is 0. The number of nitrogens with zero attached hydrogens (tertiary/aromatic N) is 2. The number of nitrogens with one attached hydrogen (secondary N) is 3. The molecule has 146 valence electrons. The van der Waals surface area contributed by atoms with E-state index in [2.05, 4.69) is 39.8 Å². The van der Waals surface area contributed by atoms with Crippen molar-refractivity contribution in [3.8, 4) is 0 Å². The Morgan fingerprint density at radius 1 is 1.15 bits per heavy atom. The number of nitrogens with two attached hydrogens (primary N) is 1. The van der Waals surface area contributed by atoms with Crippen LogP contribution in [0, 0.1) is 5.92 Å². The van der Waals surface area contributed by atoms with Crippen LogP contribution in [-0.2, 0) is 6.42 Å². The van der Waals surface area contributed by atoms with Crippen molar-refractivity contribution in [1.29, 1.82) is 0 Å². The van der Waals surface area contributed by atoms with Crippen molar-refractivity contribution in [2.24, 2.45) is 11.7 Å². The molecule has 0 atom stereocenters. The monoisotopic (exact) mass is 370 g/mol. The molecule has 0 aliphatic carbocycles. The van der Waals surface area contributed by atoms with Crippen LogP contribution >= 0.6 is 0 Å². The van der Waals surface area contributed by atoms with Gasteiger partial charge in [-0.3, -0.25) is 4.79 Å². The van der Waals surface area contributed by atoms with Gasteiger partial charge < -0.3 is 21.7 Å². The lowest BCUT2D eigenvalue weighted by Crippen LogP contribution is -2.27. The Balaban J connectivity index is 2.01. The summed E-state index contributed by atoms with van der Waals surface area (Å²) in [6.07, 6.45) is 3.18. The Labute approximate surface area is 161 Å². The van der Waals surface area contributed by atoms with E-state index in [1.54, 1.807) is 6.20 Å². The van der Waals surface area contributed by atoms with Crippen molar-refractivity contribution in [3.63, 3.8) is 0 Å². The topological polar surface area (TPSA) is 105 Å². The highest BCUT2D eigenvalue weighted by atomic mass is 16.1. The summed E-state index contributed by atoms with van der Waals surface area (Å²) in [6, 6.07) is 10.1. The molecule has 0 aliphatic heterocycles. The summed E-state index contributed by atoms with van der Waals surface area (Å²) in [5.41, 5.74) is 7.15. The Morgan fingerprint density at radius 3 is 2.63 bits per heavy atom. The molecule has 1 heterocycles. The molecule has 1 amide bonds. The van der Waals surface area contributed by atoms with E-state index in [-0.39, 0.29) is 5.91 Å². The van der Waals surface area contributed by atoms with Gasteiger partial charge in [0, 0.05) is 25.8 Å². The second-order valence-electron chi connectivity index (χ2n) is 6.79. The van der Waals surface area contributed by atoms with Crippen LogP contribution in [0.25, 0.3) is 0 Å². The molecular weight excluding hydrogens is 340 g/mol. The maximum atomic E-state index is 12.6. The molecule has 2 aromatic rings. The number of hydrogen-bond acceptors (Lipinski definition) is 6. The summed E-state index contributed by atoms with van der Waals surface area (Å²) in [4.78, 5) is 21.3. The molecular formula is C20H30N6O. The van der Waals surface area contributed by atoms with Gasteiger partial charge in [-0.15, -0.1) is 0 Å². The molecule has 0 fully saturated rings. The summed E-state index contributed by atoms with van der Waals surface area (Å²) >= 11 is 0. The van der Waals surface area contributed by atoms with Crippen molar-refractivity contribution in [3.05, 3.63) is 47.7 Å². The van der Waals surface area contributed by atoms with Crippen LogP contribution in [-0.4, -0.2) is 42.1 Å². The van der Waals surface area contributed by atoms with E-state index in [0.717, 1.165) is 19.4 Å². The molecule has 0 aliphatic rings. The van der Waals surface area contributed by atoms with Gasteiger partial charge in [-0.25, -0.2) is 4.98 Å². The first kappa shape index (κ1) is 20.6. The summed E-state index contributed by atoms with van der Waals surface area (Å²) in [5, 5.41) is 9.34. The zero-order valence-electron chi connectivity index (χ0n) is 16.2. The van der Waals surface area contributed by atoms with E-state index >= 15 is 0 Å². The van der Waals surface area contributed by atoms with Crippen LogP contribution in [0.2, 0.25) is 0 Å². The van der Waals surface area contributed by atoms with E-state index in [1.165, 1.54) is 5.56 Å². The first-order valence-corrected chi connectivity index (χ1v) is 9.47. The second-order valence-corrected chi connectivity index (χ2v) is 6.79. The van der Waals surface area contributed by atoms with E-state index in [9.17, 15) is 4.79 Å². The number of aromatic nitrogens is 2. The van der Waals surface area contributed by atoms with Gasteiger partial charge in [0.05, 0.1) is 0 Å². The van der Waals surface area contributed by atoms with Crippen LogP contribution in [0.15, 0.2) is 36.5 Å². The fraction of sp³-hybridized carbons (Fsp3) is 0.450. The van der Waals surface area contributed by atoms with E-state index in [1.807, 2.05) is 30.3 Å². The van der Waals surface area contributed by atoms with E-state index in [4.69, 9.17) is 5.73 Å². The SMILES string of the molecule is CC(C)CNc1nc(NCCCN)ncc1C(=O)NCCc1ccccc1. The lowest BCUT2D eigenvalue weighted by Gasteiger charge is -2.14. The number of amides is 1. The fourth-order valence-electron chi connectivity index (χ4n) is 2.43. The molecule has 7 nitrogen and oxygen atoms in total. The van der Waals surface area contributed by atoms with Crippen LogP contribution in [0.5, 0.6) is 0 Å². The average molecular weight is 371 g/mol. The maximum Gasteiger partial charge on any atom is 0.256 e. The third-order valence-electron chi connectivity index (χ3n) is 3.92. The minimum absolute atomic E-state index is 0.175.